The highest BCUT2D eigenvalue weighted by Crippen LogP contribution is 2.30. The van der Waals surface area contributed by atoms with Crippen molar-refractivity contribution in [2.75, 3.05) is 0 Å². The van der Waals surface area contributed by atoms with Crippen LogP contribution < -0.4 is 10.1 Å². The predicted molar refractivity (Wildman–Crippen MR) is 108 cm³/mol. The van der Waals surface area contributed by atoms with E-state index in [1.165, 1.54) is 0 Å². The summed E-state index contributed by atoms with van der Waals surface area (Å²) in [6, 6.07) is 7.93. The largest absolute Gasteiger partial charge is 0.486 e. The van der Waals surface area contributed by atoms with Crippen molar-refractivity contribution < 1.29 is 32.6 Å². The van der Waals surface area contributed by atoms with Crippen molar-refractivity contribution >= 4 is 12.1 Å². The predicted octanol–water partition coefficient (Wildman–Crippen LogP) is 4.71. The molecule has 0 aliphatic carbocycles. The Labute approximate surface area is 176 Å². The minimum atomic E-state index is -2.50. The number of ether oxygens (including phenoxy) is 3. The Morgan fingerprint density at radius 1 is 1.23 bits per heavy atom. The number of alkyl halides is 2. The third-order valence-corrected chi connectivity index (χ3v) is 4.77. The number of rotatable bonds is 5. The number of amides is 1. The zero-order valence-corrected chi connectivity index (χ0v) is 17.9. The molecule has 168 valence electrons. The van der Waals surface area contributed by atoms with Crippen LogP contribution in [0.2, 0.25) is 0 Å². The van der Waals surface area contributed by atoms with Crippen LogP contribution >= 0.6 is 0 Å². The van der Waals surface area contributed by atoms with E-state index >= 15 is 0 Å². The van der Waals surface area contributed by atoms with E-state index in [1.807, 2.05) is 6.07 Å². The molecule has 1 saturated heterocycles. The fourth-order valence-electron chi connectivity index (χ4n) is 3.49. The van der Waals surface area contributed by atoms with Crippen LogP contribution in [0.1, 0.15) is 53.4 Å². The van der Waals surface area contributed by atoms with Gasteiger partial charge in [-0.15, -0.1) is 0 Å². The van der Waals surface area contributed by atoms with E-state index in [2.05, 4.69) is 5.32 Å². The molecule has 0 aromatic heterocycles. The van der Waals surface area contributed by atoms with Gasteiger partial charge in [-0.2, -0.15) is 0 Å². The number of para-hydroxylation sites is 1. The summed E-state index contributed by atoms with van der Waals surface area (Å²) in [5.74, 6) is -0.617. The molecular weight excluding hydrogens is 396 g/mol. The van der Waals surface area contributed by atoms with E-state index < -0.39 is 48.3 Å². The standard InChI is InChI=1S/C22H31F2NO5/c1-14-19(29-16-10-6-5-7-11-16)15(13-18(23)24)9-8-12-17(20(26)28-14)25-21(27)30-22(2,3)4/h5-7,10-11,14-15,17-19H,8-9,12-13H2,1-4H3,(H,25,27). The monoisotopic (exact) mass is 427 g/mol. The Morgan fingerprint density at radius 3 is 2.50 bits per heavy atom. The first-order valence-corrected chi connectivity index (χ1v) is 10.2. The fourth-order valence-corrected chi connectivity index (χ4v) is 3.49. The Morgan fingerprint density at radius 2 is 1.90 bits per heavy atom. The molecule has 1 N–H and O–H groups in total. The molecule has 8 heteroatoms. The molecular formula is C22H31F2NO5. The van der Waals surface area contributed by atoms with E-state index in [1.54, 1.807) is 52.0 Å². The topological polar surface area (TPSA) is 73.9 Å². The van der Waals surface area contributed by atoms with Crippen LogP contribution in [0.15, 0.2) is 30.3 Å². The van der Waals surface area contributed by atoms with E-state index in [9.17, 15) is 18.4 Å². The number of hydrogen-bond donors (Lipinski definition) is 1. The molecule has 1 amide bonds. The van der Waals surface area contributed by atoms with E-state index in [0.717, 1.165) is 0 Å². The molecule has 0 saturated carbocycles. The fraction of sp³-hybridized carbons (Fsp3) is 0.636. The summed E-state index contributed by atoms with van der Waals surface area (Å²) in [7, 11) is 0. The number of carbonyl (C=O) groups is 2. The maximum Gasteiger partial charge on any atom is 0.408 e. The van der Waals surface area contributed by atoms with E-state index in [4.69, 9.17) is 14.2 Å². The van der Waals surface area contributed by atoms with Gasteiger partial charge in [0.05, 0.1) is 0 Å². The average molecular weight is 427 g/mol. The van der Waals surface area contributed by atoms with Crippen LogP contribution in [0.3, 0.4) is 0 Å². The molecule has 1 aromatic rings. The lowest BCUT2D eigenvalue weighted by Gasteiger charge is -2.31. The third kappa shape index (κ3) is 7.80. The molecule has 0 spiro atoms. The summed E-state index contributed by atoms with van der Waals surface area (Å²) in [5, 5.41) is 2.54. The van der Waals surface area contributed by atoms with Gasteiger partial charge < -0.3 is 19.5 Å². The van der Waals surface area contributed by atoms with Crippen LogP contribution in [0.25, 0.3) is 0 Å². The van der Waals surface area contributed by atoms with Crippen molar-refractivity contribution in [3.63, 3.8) is 0 Å². The molecule has 4 unspecified atom stereocenters. The SMILES string of the molecule is CC1OC(=O)C(NC(=O)OC(C)(C)C)CCCC(CC(F)F)C1Oc1ccccc1. The van der Waals surface area contributed by atoms with Crippen LogP contribution in [0, 0.1) is 5.92 Å². The average Bonchev–Trinajstić information content (AvgIpc) is 2.67. The number of carbonyl (C=O) groups excluding carboxylic acids is 2. The Hall–Kier alpha value is -2.38. The summed E-state index contributed by atoms with van der Waals surface area (Å²) in [6.07, 6.45) is -3.96. The summed E-state index contributed by atoms with van der Waals surface area (Å²) >= 11 is 0. The van der Waals surface area contributed by atoms with Gasteiger partial charge in [0, 0.05) is 12.3 Å². The number of hydrogen-bond acceptors (Lipinski definition) is 5. The lowest BCUT2D eigenvalue weighted by molar-refractivity contribution is -0.156. The second-order valence-electron chi connectivity index (χ2n) is 8.55. The van der Waals surface area contributed by atoms with Gasteiger partial charge in [0.25, 0.3) is 0 Å². The molecule has 0 radical (unpaired) electrons. The van der Waals surface area contributed by atoms with Crippen molar-refractivity contribution in [1.82, 2.24) is 5.32 Å². The summed E-state index contributed by atoms with van der Waals surface area (Å²) in [6.45, 7) is 6.78. The molecule has 1 aliphatic rings. The quantitative estimate of drug-likeness (QED) is 0.689. The molecule has 6 nitrogen and oxygen atoms in total. The Kier molecular flexibility index (Phi) is 8.43. The van der Waals surface area contributed by atoms with Crippen LogP contribution in [0.5, 0.6) is 5.75 Å². The van der Waals surface area contributed by atoms with Gasteiger partial charge in [0.2, 0.25) is 6.43 Å². The molecule has 2 rings (SSSR count). The van der Waals surface area contributed by atoms with Crippen LogP contribution in [-0.2, 0) is 14.3 Å². The van der Waals surface area contributed by atoms with Crippen LogP contribution in [0.4, 0.5) is 13.6 Å². The number of benzene rings is 1. The van der Waals surface area contributed by atoms with Gasteiger partial charge >= 0.3 is 12.1 Å². The second-order valence-corrected chi connectivity index (χ2v) is 8.55. The van der Waals surface area contributed by atoms with Gasteiger partial charge in [-0.1, -0.05) is 24.6 Å². The molecule has 1 heterocycles. The van der Waals surface area contributed by atoms with Crippen molar-refractivity contribution in [3.05, 3.63) is 30.3 Å². The number of halogens is 2. The van der Waals surface area contributed by atoms with Gasteiger partial charge in [0.1, 0.15) is 29.6 Å². The number of cyclic esters (lactones) is 1. The molecule has 1 aromatic carbocycles. The second kappa shape index (κ2) is 10.6. The van der Waals surface area contributed by atoms with Crippen molar-refractivity contribution in [1.29, 1.82) is 0 Å². The minimum absolute atomic E-state index is 0.266. The molecule has 1 aliphatic heterocycles. The highest BCUT2D eigenvalue weighted by Gasteiger charge is 2.37. The highest BCUT2D eigenvalue weighted by atomic mass is 19.3. The van der Waals surface area contributed by atoms with Gasteiger partial charge in [0.15, 0.2) is 0 Å². The maximum absolute atomic E-state index is 13.2. The van der Waals surface area contributed by atoms with Crippen molar-refractivity contribution in [2.45, 2.75) is 83.7 Å². The van der Waals surface area contributed by atoms with E-state index in [-0.39, 0.29) is 12.8 Å². The zero-order chi connectivity index (χ0) is 22.3. The summed E-state index contributed by atoms with van der Waals surface area (Å²) < 4.78 is 43.2. The van der Waals surface area contributed by atoms with Crippen molar-refractivity contribution in [2.24, 2.45) is 5.92 Å². The number of nitrogens with one attached hydrogen (secondary N) is 1. The summed E-state index contributed by atoms with van der Waals surface area (Å²) in [4.78, 5) is 24.8. The molecule has 1 fully saturated rings. The Bertz CT molecular complexity index is 693. The third-order valence-electron chi connectivity index (χ3n) is 4.77. The first-order chi connectivity index (χ1) is 14.0. The minimum Gasteiger partial charge on any atom is -0.486 e. The maximum atomic E-state index is 13.2. The number of esters is 1. The normalized spacial score (nSPS) is 25.5. The van der Waals surface area contributed by atoms with Gasteiger partial charge in [-0.25, -0.2) is 18.4 Å². The Balaban J connectivity index is 2.16. The first-order valence-electron chi connectivity index (χ1n) is 10.2. The number of alkyl carbamates (subject to hydrolysis) is 1. The first kappa shape index (κ1) is 23.9. The molecule has 30 heavy (non-hydrogen) atoms. The zero-order valence-electron chi connectivity index (χ0n) is 17.9. The van der Waals surface area contributed by atoms with E-state index in [0.29, 0.717) is 18.6 Å². The smallest absolute Gasteiger partial charge is 0.408 e. The van der Waals surface area contributed by atoms with Gasteiger partial charge in [-0.3, -0.25) is 0 Å². The molecule has 0 bridgehead atoms. The lowest BCUT2D eigenvalue weighted by Crippen LogP contribution is -2.46. The highest BCUT2D eigenvalue weighted by molar-refractivity contribution is 5.81. The van der Waals surface area contributed by atoms with Crippen LogP contribution in [-0.4, -0.2) is 42.3 Å². The van der Waals surface area contributed by atoms with Gasteiger partial charge in [-0.05, 0) is 52.7 Å². The van der Waals surface area contributed by atoms with Crippen molar-refractivity contribution in [3.8, 4) is 5.75 Å². The lowest BCUT2D eigenvalue weighted by atomic mass is 9.89. The molecule has 4 atom stereocenters. The summed E-state index contributed by atoms with van der Waals surface area (Å²) in [5.41, 5.74) is -0.712.